The number of anilines is 1. The van der Waals surface area contributed by atoms with Gasteiger partial charge in [0.2, 0.25) is 0 Å². The van der Waals surface area contributed by atoms with Crippen LogP contribution in [0.5, 0.6) is 0 Å². The molecule has 4 heteroatoms. The summed E-state index contributed by atoms with van der Waals surface area (Å²) >= 11 is 0. The molecule has 19 heavy (non-hydrogen) atoms. The van der Waals surface area contributed by atoms with Gasteiger partial charge in [-0.2, -0.15) is 0 Å². The fourth-order valence-corrected chi connectivity index (χ4v) is 1.67. The average Bonchev–Trinajstić information content (AvgIpc) is 2.38. The zero-order chi connectivity index (χ0) is 12.8. The Morgan fingerprint density at radius 1 is 1.11 bits per heavy atom. The molecule has 0 aliphatic carbocycles. The van der Waals surface area contributed by atoms with Gasteiger partial charge in [-0.25, -0.2) is 4.99 Å². The number of nitrogens with zero attached hydrogens (tertiary/aromatic N) is 1. The smallest absolute Gasteiger partial charge is 0.193 e. The topological polar surface area (TPSA) is 50.4 Å². The first kappa shape index (κ1) is 15.5. The van der Waals surface area contributed by atoms with E-state index in [-0.39, 0.29) is 24.0 Å². The number of hydrogen-bond donors (Lipinski definition) is 2. The van der Waals surface area contributed by atoms with Gasteiger partial charge in [-0.3, -0.25) is 0 Å². The quantitative estimate of drug-likeness (QED) is 0.495. The molecule has 0 amide bonds. The molecule has 0 aliphatic heterocycles. The average molecular weight is 367 g/mol. The van der Waals surface area contributed by atoms with Gasteiger partial charge in [0, 0.05) is 5.69 Å². The molecule has 2 rings (SSSR count). The highest BCUT2D eigenvalue weighted by Gasteiger charge is 1.95. The van der Waals surface area contributed by atoms with Crippen LogP contribution in [0.3, 0.4) is 0 Å². The van der Waals surface area contributed by atoms with Gasteiger partial charge in [-0.05, 0) is 30.2 Å². The standard InChI is InChI=1S/C15H17N3.HI/c1-12-6-5-9-14(10-12)18-15(16)17-11-13-7-3-2-4-8-13;/h2-10H,11H2,1H3,(H3,16,17,18);1H. The third-order valence-corrected chi connectivity index (χ3v) is 2.57. The van der Waals surface area contributed by atoms with E-state index in [1.807, 2.05) is 61.5 Å². The summed E-state index contributed by atoms with van der Waals surface area (Å²) in [6.45, 7) is 2.63. The molecule has 0 aliphatic rings. The minimum Gasteiger partial charge on any atom is -0.370 e. The van der Waals surface area contributed by atoms with Crippen molar-refractivity contribution in [2.75, 3.05) is 5.32 Å². The highest BCUT2D eigenvalue weighted by Crippen LogP contribution is 2.09. The second kappa shape index (κ2) is 7.78. The van der Waals surface area contributed by atoms with Gasteiger partial charge in [-0.1, -0.05) is 42.5 Å². The molecule has 0 spiro atoms. The maximum absolute atomic E-state index is 5.84. The summed E-state index contributed by atoms with van der Waals surface area (Å²) in [6.07, 6.45) is 0. The van der Waals surface area contributed by atoms with Gasteiger partial charge < -0.3 is 11.1 Å². The highest BCUT2D eigenvalue weighted by molar-refractivity contribution is 14.0. The third-order valence-electron chi connectivity index (χ3n) is 2.57. The van der Waals surface area contributed by atoms with Crippen molar-refractivity contribution in [3.8, 4) is 0 Å². The van der Waals surface area contributed by atoms with Gasteiger partial charge >= 0.3 is 0 Å². The summed E-state index contributed by atoms with van der Waals surface area (Å²) < 4.78 is 0. The molecule has 0 heterocycles. The number of guanidine groups is 1. The van der Waals surface area contributed by atoms with Crippen molar-refractivity contribution in [2.45, 2.75) is 13.5 Å². The number of benzene rings is 2. The lowest BCUT2D eigenvalue weighted by Gasteiger charge is -2.06. The Balaban J connectivity index is 0.00000180. The predicted molar refractivity (Wildman–Crippen MR) is 92.0 cm³/mol. The van der Waals surface area contributed by atoms with Crippen molar-refractivity contribution in [3.05, 3.63) is 65.7 Å². The molecule has 0 unspecified atom stereocenters. The third kappa shape index (κ3) is 5.30. The van der Waals surface area contributed by atoms with Crippen LogP contribution in [-0.4, -0.2) is 5.96 Å². The molecule has 2 aromatic carbocycles. The lowest BCUT2D eigenvalue weighted by molar-refractivity contribution is 1.06. The van der Waals surface area contributed by atoms with E-state index in [9.17, 15) is 0 Å². The summed E-state index contributed by atoms with van der Waals surface area (Å²) in [7, 11) is 0. The van der Waals surface area contributed by atoms with Gasteiger partial charge in [0.15, 0.2) is 5.96 Å². The maximum atomic E-state index is 5.84. The number of halogens is 1. The van der Waals surface area contributed by atoms with Crippen LogP contribution in [0, 0.1) is 6.92 Å². The fraction of sp³-hybridized carbons (Fsp3) is 0.133. The van der Waals surface area contributed by atoms with Crippen LogP contribution >= 0.6 is 24.0 Å². The van der Waals surface area contributed by atoms with E-state index in [2.05, 4.69) is 10.3 Å². The molecule has 0 atom stereocenters. The Morgan fingerprint density at radius 3 is 2.53 bits per heavy atom. The van der Waals surface area contributed by atoms with Crippen molar-refractivity contribution in [3.63, 3.8) is 0 Å². The number of aliphatic imine (C=N–C) groups is 1. The van der Waals surface area contributed by atoms with Crippen molar-refractivity contribution >= 4 is 35.6 Å². The Hall–Kier alpha value is -1.56. The first-order valence-corrected chi connectivity index (χ1v) is 5.91. The van der Waals surface area contributed by atoms with E-state index >= 15 is 0 Å². The van der Waals surface area contributed by atoms with E-state index in [0.717, 1.165) is 11.3 Å². The molecule has 3 nitrogen and oxygen atoms in total. The SMILES string of the molecule is Cc1cccc(NC(N)=NCc2ccccc2)c1.I. The molecular weight excluding hydrogens is 349 g/mol. The van der Waals surface area contributed by atoms with Gasteiger partial charge in [-0.15, -0.1) is 24.0 Å². The molecule has 0 fully saturated rings. The predicted octanol–water partition coefficient (Wildman–Crippen LogP) is 3.54. The van der Waals surface area contributed by atoms with Crippen LogP contribution in [0.4, 0.5) is 5.69 Å². The summed E-state index contributed by atoms with van der Waals surface area (Å²) in [4.78, 5) is 4.30. The minimum atomic E-state index is 0. The van der Waals surface area contributed by atoms with Crippen LogP contribution in [0.15, 0.2) is 59.6 Å². The van der Waals surface area contributed by atoms with Gasteiger partial charge in [0.1, 0.15) is 0 Å². The number of aryl methyl sites for hydroxylation is 1. The molecule has 100 valence electrons. The zero-order valence-electron chi connectivity index (χ0n) is 10.8. The first-order chi connectivity index (χ1) is 8.74. The van der Waals surface area contributed by atoms with E-state index in [1.165, 1.54) is 5.56 Å². The van der Waals surface area contributed by atoms with Crippen molar-refractivity contribution < 1.29 is 0 Å². The molecule has 3 N–H and O–H groups in total. The van der Waals surface area contributed by atoms with Gasteiger partial charge in [0.25, 0.3) is 0 Å². The number of rotatable bonds is 3. The largest absolute Gasteiger partial charge is 0.370 e. The summed E-state index contributed by atoms with van der Waals surface area (Å²) in [5, 5.41) is 3.08. The Bertz CT molecular complexity index is 538. The van der Waals surface area contributed by atoms with Crippen molar-refractivity contribution in [2.24, 2.45) is 10.7 Å². The van der Waals surface area contributed by atoms with Gasteiger partial charge in [0.05, 0.1) is 6.54 Å². The van der Waals surface area contributed by atoms with E-state index in [4.69, 9.17) is 5.73 Å². The highest BCUT2D eigenvalue weighted by atomic mass is 127. The molecule has 2 aromatic rings. The molecule has 0 saturated carbocycles. The Labute approximate surface area is 131 Å². The Kier molecular flexibility index (Phi) is 6.35. The zero-order valence-corrected chi connectivity index (χ0v) is 13.2. The number of nitrogens with two attached hydrogens (primary N) is 1. The normalized spacial score (nSPS) is 10.7. The molecule has 0 radical (unpaired) electrons. The number of nitrogens with one attached hydrogen (secondary N) is 1. The second-order valence-electron chi connectivity index (χ2n) is 4.18. The molecule has 0 aromatic heterocycles. The summed E-state index contributed by atoms with van der Waals surface area (Å²) in [5.74, 6) is 0.435. The maximum Gasteiger partial charge on any atom is 0.193 e. The van der Waals surface area contributed by atoms with E-state index < -0.39 is 0 Å². The number of hydrogen-bond acceptors (Lipinski definition) is 1. The lowest BCUT2D eigenvalue weighted by Crippen LogP contribution is -2.22. The first-order valence-electron chi connectivity index (χ1n) is 5.91. The van der Waals surface area contributed by atoms with Crippen molar-refractivity contribution in [1.29, 1.82) is 0 Å². The molecule has 0 saturated heterocycles. The minimum absolute atomic E-state index is 0. The van der Waals surface area contributed by atoms with E-state index in [1.54, 1.807) is 0 Å². The second-order valence-corrected chi connectivity index (χ2v) is 4.18. The Morgan fingerprint density at radius 2 is 1.84 bits per heavy atom. The summed E-state index contributed by atoms with van der Waals surface area (Å²) in [6, 6.07) is 18.1. The van der Waals surface area contributed by atoms with Crippen LogP contribution in [0.2, 0.25) is 0 Å². The molecular formula is C15H18IN3. The van der Waals surface area contributed by atoms with Crippen LogP contribution in [0.1, 0.15) is 11.1 Å². The summed E-state index contributed by atoms with van der Waals surface area (Å²) in [5.41, 5.74) is 9.14. The fourth-order valence-electron chi connectivity index (χ4n) is 1.67. The van der Waals surface area contributed by atoms with E-state index in [0.29, 0.717) is 12.5 Å². The molecule has 0 bridgehead atoms. The van der Waals surface area contributed by atoms with Crippen molar-refractivity contribution in [1.82, 2.24) is 0 Å². The monoisotopic (exact) mass is 367 g/mol. The lowest BCUT2D eigenvalue weighted by atomic mass is 10.2. The van der Waals surface area contributed by atoms with Crippen LogP contribution < -0.4 is 11.1 Å². The van der Waals surface area contributed by atoms with Crippen LogP contribution in [-0.2, 0) is 6.54 Å². The van der Waals surface area contributed by atoms with Crippen LogP contribution in [0.25, 0.3) is 0 Å².